The molecule has 0 bridgehead atoms. The lowest BCUT2D eigenvalue weighted by molar-refractivity contribution is -0.163. The average Bonchev–Trinajstić information content (AvgIpc) is 3.32. The van der Waals surface area contributed by atoms with Crippen molar-refractivity contribution in [3.05, 3.63) is 69.0 Å². The number of aromatic nitrogens is 2. The lowest BCUT2D eigenvalue weighted by Gasteiger charge is -2.17. The van der Waals surface area contributed by atoms with Gasteiger partial charge in [0, 0.05) is 52.9 Å². The molecule has 3 aromatic carbocycles. The first-order valence-corrected chi connectivity index (χ1v) is 17.1. The molecular weight excluding hydrogens is 658 g/mol. The van der Waals surface area contributed by atoms with E-state index in [-0.39, 0.29) is 69.0 Å². The van der Waals surface area contributed by atoms with Crippen LogP contribution < -0.4 is 10.9 Å². The van der Waals surface area contributed by atoms with E-state index in [0.29, 0.717) is 24.8 Å². The van der Waals surface area contributed by atoms with Gasteiger partial charge in [-0.1, -0.05) is 6.42 Å². The molecule has 0 radical (unpaired) electrons. The molecule has 3 heterocycles. The highest BCUT2D eigenvalue weighted by atomic mass is 32.2. The number of hydrogen-bond acceptors (Lipinski definition) is 10. The zero-order chi connectivity index (χ0) is 33.8. The zero-order valence-electron chi connectivity index (χ0n) is 24.3. The SMILES string of the molecule is O=C(O)CCCCCn1c2ccc(S(=O)(=O)ON3C(=O)CCC3=O)cc2c(=O)c2cc3[nH]c4ccc(S(=O)(=O)O)cc4c(=O)c3cc21. The summed E-state index contributed by atoms with van der Waals surface area (Å²) in [5.74, 6) is -2.59. The van der Waals surface area contributed by atoms with Gasteiger partial charge in [-0.25, -0.2) is 0 Å². The third-order valence-corrected chi connectivity index (χ3v) is 9.99. The number of H-pyrrole nitrogens is 1. The Morgan fingerprint density at radius 2 is 1.36 bits per heavy atom. The number of aryl methyl sites for hydroxylation is 1. The van der Waals surface area contributed by atoms with Gasteiger partial charge in [-0.2, -0.15) is 16.8 Å². The van der Waals surface area contributed by atoms with Crippen LogP contribution in [0.5, 0.6) is 0 Å². The van der Waals surface area contributed by atoms with Gasteiger partial charge < -0.3 is 14.7 Å². The molecule has 5 aromatic rings. The second-order valence-corrected chi connectivity index (χ2v) is 14.0. The van der Waals surface area contributed by atoms with E-state index in [9.17, 15) is 45.4 Å². The Morgan fingerprint density at radius 1 is 0.745 bits per heavy atom. The predicted molar refractivity (Wildman–Crippen MR) is 167 cm³/mol. The number of aliphatic carboxylic acids is 1. The second-order valence-electron chi connectivity index (χ2n) is 11.0. The summed E-state index contributed by atoms with van der Waals surface area (Å²) in [6.07, 6.45) is 0.866. The highest BCUT2D eigenvalue weighted by Crippen LogP contribution is 2.28. The summed E-state index contributed by atoms with van der Waals surface area (Å²) in [6, 6.07) is 9.89. The van der Waals surface area contributed by atoms with Crippen molar-refractivity contribution >= 4 is 81.6 Å². The third-order valence-electron chi connectivity index (χ3n) is 7.96. The zero-order valence-corrected chi connectivity index (χ0v) is 25.9. The van der Waals surface area contributed by atoms with Gasteiger partial charge in [0.1, 0.15) is 0 Å². The van der Waals surface area contributed by atoms with Crippen LogP contribution in [0.25, 0.3) is 43.6 Å². The topological polar surface area (TPSA) is 227 Å². The molecule has 0 aliphatic carbocycles. The fourth-order valence-electron chi connectivity index (χ4n) is 5.66. The minimum Gasteiger partial charge on any atom is -0.481 e. The number of unbranched alkanes of at least 4 members (excludes halogenated alkanes) is 2. The summed E-state index contributed by atoms with van der Waals surface area (Å²) >= 11 is 0. The molecule has 1 aliphatic heterocycles. The van der Waals surface area contributed by atoms with Gasteiger partial charge >= 0.3 is 16.1 Å². The van der Waals surface area contributed by atoms with Gasteiger partial charge in [0.05, 0.1) is 26.3 Å². The quantitative estimate of drug-likeness (QED) is 0.0836. The first kappa shape index (κ1) is 32.0. The molecule has 244 valence electrons. The molecule has 2 aromatic heterocycles. The number of carbonyl (C=O) groups excluding carboxylic acids is 2. The number of benzene rings is 3. The number of fused-ring (bicyclic) bond motifs is 4. The van der Waals surface area contributed by atoms with Crippen molar-refractivity contribution in [2.75, 3.05) is 0 Å². The first-order valence-electron chi connectivity index (χ1n) is 14.3. The van der Waals surface area contributed by atoms with Crippen LogP contribution in [0.1, 0.15) is 38.5 Å². The van der Waals surface area contributed by atoms with Crippen molar-refractivity contribution in [1.29, 1.82) is 0 Å². The van der Waals surface area contributed by atoms with E-state index in [4.69, 9.17) is 9.39 Å². The number of carbonyl (C=O) groups is 3. The molecule has 2 amide bonds. The monoisotopic (exact) mass is 683 g/mol. The van der Waals surface area contributed by atoms with Crippen LogP contribution in [0.4, 0.5) is 0 Å². The van der Waals surface area contributed by atoms with Crippen molar-refractivity contribution in [2.45, 2.75) is 54.9 Å². The molecule has 17 heteroatoms. The maximum Gasteiger partial charge on any atom is 0.318 e. The van der Waals surface area contributed by atoms with E-state index in [1.165, 1.54) is 24.3 Å². The average molecular weight is 684 g/mol. The molecule has 1 saturated heterocycles. The van der Waals surface area contributed by atoms with Gasteiger partial charge in [-0.15, -0.1) is 9.35 Å². The Kier molecular flexibility index (Phi) is 7.95. The molecule has 1 aliphatic rings. The third kappa shape index (κ3) is 5.89. The van der Waals surface area contributed by atoms with Crippen molar-refractivity contribution in [1.82, 2.24) is 14.6 Å². The minimum atomic E-state index is -4.72. The standard InChI is InChI=1S/C30H25N3O12S2/c34-26-9-10-27(35)33(26)45-47(43,44)17-6-8-24-20(13-17)30(39)21-14-23-19(15-25(21)32(24)11-3-1-2-4-28(36)37)29(38)18-12-16(46(40,41)42)5-7-22(18)31-23/h5-8,12-15H,1-4,9-11H2,(H,31,38)(H,36,37)(H,40,41,42). The molecule has 0 unspecified atom stereocenters. The summed E-state index contributed by atoms with van der Waals surface area (Å²) in [5.41, 5.74) is -0.164. The number of amides is 2. The molecular formula is C30H25N3O12S2. The van der Waals surface area contributed by atoms with E-state index in [1.807, 2.05) is 0 Å². The van der Waals surface area contributed by atoms with E-state index in [0.717, 1.165) is 24.3 Å². The predicted octanol–water partition coefficient (Wildman–Crippen LogP) is 2.81. The molecule has 47 heavy (non-hydrogen) atoms. The maximum absolute atomic E-state index is 13.9. The van der Waals surface area contributed by atoms with E-state index in [1.54, 1.807) is 4.57 Å². The summed E-state index contributed by atoms with van der Waals surface area (Å²) < 4.78 is 65.6. The van der Waals surface area contributed by atoms with Crippen LogP contribution in [0.2, 0.25) is 0 Å². The van der Waals surface area contributed by atoms with Gasteiger partial charge in [0.2, 0.25) is 0 Å². The number of carboxylic acids is 1. The summed E-state index contributed by atoms with van der Waals surface area (Å²) in [5, 5.41) is 9.30. The van der Waals surface area contributed by atoms with Crippen LogP contribution in [-0.2, 0) is 45.4 Å². The fraction of sp³-hybridized carbons (Fsp3) is 0.233. The molecule has 1 fully saturated rings. The van der Waals surface area contributed by atoms with Crippen LogP contribution in [-0.4, -0.2) is 58.9 Å². The number of imide groups is 1. The molecule has 0 spiro atoms. The number of pyridine rings is 2. The van der Waals surface area contributed by atoms with E-state index < -0.39 is 58.7 Å². The number of nitrogens with zero attached hydrogens (tertiary/aromatic N) is 2. The minimum absolute atomic E-state index is 0.0276. The van der Waals surface area contributed by atoms with E-state index in [2.05, 4.69) is 4.98 Å². The number of aromatic amines is 1. The molecule has 6 rings (SSSR count). The summed E-state index contributed by atoms with van der Waals surface area (Å²) in [6.45, 7) is 0.232. The number of hydrogen-bond donors (Lipinski definition) is 3. The summed E-state index contributed by atoms with van der Waals surface area (Å²) in [4.78, 5) is 64.5. The summed E-state index contributed by atoms with van der Waals surface area (Å²) in [7, 11) is -9.33. The number of rotatable bonds is 10. The second kappa shape index (κ2) is 11.7. The largest absolute Gasteiger partial charge is 0.481 e. The Hall–Kier alpha value is -4.97. The smallest absolute Gasteiger partial charge is 0.318 e. The number of nitrogens with one attached hydrogen (secondary N) is 1. The highest BCUT2D eigenvalue weighted by molar-refractivity contribution is 7.86. The number of hydroxylamine groups is 2. The van der Waals surface area contributed by atoms with Crippen molar-refractivity contribution in [2.24, 2.45) is 0 Å². The van der Waals surface area contributed by atoms with Crippen molar-refractivity contribution in [3.8, 4) is 0 Å². The highest BCUT2D eigenvalue weighted by Gasteiger charge is 2.35. The Labute approximate surface area is 264 Å². The van der Waals surface area contributed by atoms with Crippen molar-refractivity contribution in [3.63, 3.8) is 0 Å². The van der Waals surface area contributed by atoms with E-state index >= 15 is 0 Å². The fourth-order valence-corrected chi connectivity index (χ4v) is 7.11. The molecule has 3 N–H and O–H groups in total. The van der Waals surface area contributed by atoms with Gasteiger partial charge in [-0.05, 0) is 61.4 Å². The number of carboxylic acid groups (broad SMARTS) is 1. The Balaban J connectivity index is 1.56. The lowest BCUT2D eigenvalue weighted by atomic mass is 10.0. The maximum atomic E-state index is 13.9. The van der Waals surface area contributed by atoms with Crippen LogP contribution >= 0.6 is 0 Å². The normalized spacial score (nSPS) is 14.3. The lowest BCUT2D eigenvalue weighted by Crippen LogP contribution is -2.32. The molecule has 0 saturated carbocycles. The van der Waals surface area contributed by atoms with Gasteiger partial charge in [0.25, 0.3) is 21.9 Å². The molecule has 15 nitrogen and oxygen atoms in total. The van der Waals surface area contributed by atoms with Crippen LogP contribution in [0, 0.1) is 0 Å². The van der Waals surface area contributed by atoms with Gasteiger partial charge in [0.15, 0.2) is 10.9 Å². The Bertz CT molecular complexity index is 2520. The Morgan fingerprint density at radius 3 is 2.04 bits per heavy atom. The van der Waals surface area contributed by atoms with Crippen molar-refractivity contribution < 1.29 is 45.2 Å². The molecule has 0 atom stereocenters. The van der Waals surface area contributed by atoms with Crippen LogP contribution in [0.15, 0.2) is 67.9 Å². The van der Waals surface area contributed by atoms with Gasteiger partial charge in [-0.3, -0.25) is 28.5 Å². The first-order chi connectivity index (χ1) is 22.2. The van der Waals surface area contributed by atoms with Crippen LogP contribution in [0.3, 0.4) is 0 Å².